The third-order valence-electron chi connectivity index (χ3n) is 5.46. The number of unbranched alkanes of at least 4 members (excludes halogenated alkanes) is 1. The minimum absolute atomic E-state index is 0.187. The first-order chi connectivity index (χ1) is 15.2. The maximum atomic E-state index is 12.5. The van der Waals surface area contributed by atoms with Crippen molar-refractivity contribution in [1.29, 1.82) is 0 Å². The Bertz CT molecular complexity index is 869. The summed E-state index contributed by atoms with van der Waals surface area (Å²) in [7, 11) is 0. The summed E-state index contributed by atoms with van der Waals surface area (Å²) in [6, 6.07) is 8.00. The van der Waals surface area contributed by atoms with Gasteiger partial charge < -0.3 is 14.8 Å². The Hall–Kier alpha value is -2.89. The third-order valence-corrected chi connectivity index (χ3v) is 5.46. The lowest BCUT2D eigenvalue weighted by molar-refractivity contribution is -0.154. The van der Waals surface area contributed by atoms with Gasteiger partial charge in [0.15, 0.2) is 0 Å². The van der Waals surface area contributed by atoms with E-state index in [1.807, 2.05) is 32.1 Å². The molecule has 6 nitrogen and oxygen atoms in total. The maximum absolute atomic E-state index is 12.5. The van der Waals surface area contributed by atoms with E-state index in [-0.39, 0.29) is 19.1 Å². The predicted molar refractivity (Wildman–Crippen MR) is 125 cm³/mol. The first-order valence-electron chi connectivity index (χ1n) is 11.3. The van der Waals surface area contributed by atoms with E-state index in [0.29, 0.717) is 18.8 Å². The van der Waals surface area contributed by atoms with E-state index >= 15 is 0 Å². The van der Waals surface area contributed by atoms with Crippen molar-refractivity contribution >= 4 is 23.6 Å². The summed E-state index contributed by atoms with van der Waals surface area (Å²) in [5.41, 5.74) is 1.95. The second kappa shape index (κ2) is 11.7. The maximum Gasteiger partial charge on any atom is 0.516 e. The second-order valence-electron chi connectivity index (χ2n) is 8.82. The second-order valence-corrected chi connectivity index (χ2v) is 8.82. The molecule has 1 amide bonds. The van der Waals surface area contributed by atoms with E-state index in [1.165, 1.54) is 12.5 Å². The zero-order valence-electron chi connectivity index (χ0n) is 19.8. The smallest absolute Gasteiger partial charge is 0.434 e. The Morgan fingerprint density at radius 2 is 1.94 bits per heavy atom. The molecule has 0 unspecified atom stereocenters. The summed E-state index contributed by atoms with van der Waals surface area (Å²) in [5, 5.41) is 2.87. The normalized spacial score (nSPS) is 21.1. The number of carbonyl (C=O) groups excluding carboxylic acids is 3. The summed E-state index contributed by atoms with van der Waals surface area (Å²) in [6.07, 6.45) is 7.67. The summed E-state index contributed by atoms with van der Waals surface area (Å²) >= 11 is 0. The van der Waals surface area contributed by atoms with Crippen LogP contribution >= 0.6 is 0 Å². The highest BCUT2D eigenvalue weighted by Gasteiger charge is 2.51. The third kappa shape index (κ3) is 6.81. The Kier molecular flexibility index (Phi) is 9.24. The van der Waals surface area contributed by atoms with Crippen LogP contribution in [0, 0.1) is 11.3 Å². The predicted octanol–water partition coefficient (Wildman–Crippen LogP) is 5.22. The number of hydrogen-bond donors (Lipinski definition) is 1. The Morgan fingerprint density at radius 3 is 2.53 bits per heavy atom. The van der Waals surface area contributed by atoms with E-state index in [4.69, 9.17) is 9.47 Å². The topological polar surface area (TPSA) is 81.7 Å². The van der Waals surface area contributed by atoms with Gasteiger partial charge in [-0.2, -0.15) is 0 Å². The van der Waals surface area contributed by atoms with Crippen LogP contribution in [0.4, 0.5) is 4.79 Å². The molecule has 0 radical (unpaired) electrons. The number of amides is 1. The quantitative estimate of drug-likeness (QED) is 0.246. The molecule has 0 saturated carbocycles. The molecule has 1 fully saturated rings. The van der Waals surface area contributed by atoms with E-state index in [2.05, 4.69) is 43.4 Å². The van der Waals surface area contributed by atoms with Gasteiger partial charge in [0.25, 0.3) is 0 Å². The molecule has 2 rings (SSSR count). The molecular weight excluding hydrogens is 406 g/mol. The highest BCUT2D eigenvalue weighted by Crippen LogP contribution is 2.33. The molecule has 6 heteroatoms. The molecule has 1 saturated heterocycles. The lowest BCUT2D eigenvalue weighted by Gasteiger charge is -2.17. The minimum atomic E-state index is -1.41. The van der Waals surface area contributed by atoms with Crippen LogP contribution in [-0.2, 0) is 25.5 Å². The summed E-state index contributed by atoms with van der Waals surface area (Å²) in [4.78, 5) is 36.7. The number of ether oxygens (including phenoxy) is 2. The van der Waals surface area contributed by atoms with Crippen molar-refractivity contribution < 1.29 is 23.9 Å². The summed E-state index contributed by atoms with van der Waals surface area (Å²) in [6.45, 7) is 9.94. The lowest BCUT2D eigenvalue weighted by atomic mass is 9.86. The monoisotopic (exact) mass is 441 g/mol. The van der Waals surface area contributed by atoms with Crippen molar-refractivity contribution in [2.45, 2.75) is 66.3 Å². The van der Waals surface area contributed by atoms with Crippen LogP contribution in [0.2, 0.25) is 0 Å². The van der Waals surface area contributed by atoms with Crippen LogP contribution in [-0.4, -0.2) is 30.7 Å². The number of esters is 1. The molecule has 1 aliphatic heterocycles. The molecular formula is C26H35NO5. The van der Waals surface area contributed by atoms with E-state index < -0.39 is 23.4 Å². The van der Waals surface area contributed by atoms with Crippen molar-refractivity contribution in [3.05, 3.63) is 53.6 Å². The van der Waals surface area contributed by atoms with Gasteiger partial charge in [0.1, 0.15) is 5.41 Å². The van der Waals surface area contributed by atoms with E-state index in [0.717, 1.165) is 17.5 Å². The van der Waals surface area contributed by atoms with Gasteiger partial charge in [0.05, 0.1) is 6.61 Å². The molecule has 1 heterocycles. The van der Waals surface area contributed by atoms with Gasteiger partial charge in [-0.3, -0.25) is 9.59 Å². The molecule has 0 aromatic heterocycles. The van der Waals surface area contributed by atoms with Gasteiger partial charge in [0, 0.05) is 6.04 Å². The largest absolute Gasteiger partial charge is 0.516 e. The van der Waals surface area contributed by atoms with Crippen LogP contribution in [0.3, 0.4) is 0 Å². The molecule has 0 aliphatic carbocycles. The highest BCUT2D eigenvalue weighted by atomic mass is 16.7. The average Bonchev–Trinajstić information content (AvgIpc) is 3.02. The highest BCUT2D eigenvalue weighted by molar-refractivity contribution is 6.06. The van der Waals surface area contributed by atoms with Crippen molar-refractivity contribution in [1.82, 2.24) is 5.32 Å². The van der Waals surface area contributed by atoms with Crippen LogP contribution in [0.5, 0.6) is 0 Å². The number of rotatable bonds is 9. The molecule has 32 heavy (non-hydrogen) atoms. The molecule has 2 atom stereocenters. The van der Waals surface area contributed by atoms with Crippen molar-refractivity contribution in [2.24, 2.45) is 11.3 Å². The van der Waals surface area contributed by atoms with Gasteiger partial charge in [-0.15, -0.1) is 0 Å². The van der Waals surface area contributed by atoms with Crippen molar-refractivity contribution in [3.63, 3.8) is 0 Å². The molecule has 1 N–H and O–H groups in total. The fourth-order valence-corrected chi connectivity index (χ4v) is 3.70. The van der Waals surface area contributed by atoms with Crippen LogP contribution in [0.25, 0.3) is 5.57 Å². The number of benzene rings is 1. The SMILES string of the molecule is C/C=C\C(=C/C(C)C)c1ccc(C[C@@H]2C[C@@](C)(C(=O)OC(=O)OCCCC)C(=O)N2)cc1. The van der Waals surface area contributed by atoms with Crippen LogP contribution < -0.4 is 5.32 Å². The fraction of sp³-hybridized carbons (Fsp3) is 0.500. The summed E-state index contributed by atoms with van der Waals surface area (Å²) < 4.78 is 9.64. The Morgan fingerprint density at radius 1 is 1.25 bits per heavy atom. The first-order valence-corrected chi connectivity index (χ1v) is 11.3. The first kappa shape index (κ1) is 25.4. The summed E-state index contributed by atoms with van der Waals surface area (Å²) in [5.74, 6) is -0.860. The Labute approximate surface area is 191 Å². The van der Waals surface area contributed by atoms with E-state index in [9.17, 15) is 14.4 Å². The molecule has 174 valence electrons. The van der Waals surface area contributed by atoms with Gasteiger partial charge in [-0.05, 0) is 55.7 Å². The number of carbonyl (C=O) groups is 3. The van der Waals surface area contributed by atoms with Crippen molar-refractivity contribution in [2.75, 3.05) is 6.61 Å². The molecule has 0 bridgehead atoms. The van der Waals surface area contributed by atoms with Gasteiger partial charge in [0.2, 0.25) is 5.91 Å². The number of hydrogen-bond acceptors (Lipinski definition) is 5. The zero-order chi connectivity index (χ0) is 23.7. The number of nitrogens with one attached hydrogen (secondary N) is 1. The van der Waals surface area contributed by atoms with Crippen LogP contribution in [0.1, 0.15) is 65.0 Å². The van der Waals surface area contributed by atoms with Gasteiger partial charge in [-0.25, -0.2) is 4.79 Å². The van der Waals surface area contributed by atoms with Crippen molar-refractivity contribution in [3.8, 4) is 0 Å². The average molecular weight is 442 g/mol. The zero-order valence-corrected chi connectivity index (χ0v) is 19.8. The standard InChI is InChI=1S/C26H35NO5/c1-6-8-14-31-25(30)32-24(29)26(5)17-22(27-23(26)28)16-19-10-12-20(13-11-19)21(9-7-2)15-18(3)4/h7,9-13,15,18,22H,6,8,14,16-17H2,1-5H3,(H,27,28)/b9-7-,21-15+/t22-,26-/m1/s1. The molecule has 1 aliphatic rings. The van der Waals surface area contributed by atoms with E-state index in [1.54, 1.807) is 0 Å². The van der Waals surface area contributed by atoms with Crippen LogP contribution in [0.15, 0.2) is 42.5 Å². The Balaban J connectivity index is 2.01. The minimum Gasteiger partial charge on any atom is -0.434 e. The lowest BCUT2D eigenvalue weighted by Crippen LogP contribution is -2.38. The molecule has 1 aromatic carbocycles. The van der Waals surface area contributed by atoms with Gasteiger partial charge >= 0.3 is 12.1 Å². The van der Waals surface area contributed by atoms with Gasteiger partial charge in [-0.1, -0.05) is 69.7 Å². The molecule has 1 aromatic rings. The molecule has 0 spiro atoms. The fourth-order valence-electron chi connectivity index (χ4n) is 3.70. The number of allylic oxidation sites excluding steroid dienone is 4.